The molecule has 0 saturated carbocycles. The summed E-state index contributed by atoms with van der Waals surface area (Å²) in [6, 6.07) is 17.5. The fraction of sp³-hybridized carbons (Fsp3) is 0.273. The van der Waals surface area contributed by atoms with Crippen LogP contribution in [-0.2, 0) is 33.5 Å². The number of allylic oxidation sites excluding steroid dienone is 1. The molecule has 0 spiro atoms. The molecule has 3 aromatic rings. The zero-order chi connectivity index (χ0) is 34.6. The van der Waals surface area contributed by atoms with Gasteiger partial charge in [-0.05, 0) is 37.5 Å². The van der Waals surface area contributed by atoms with Gasteiger partial charge in [0.15, 0.2) is 16.9 Å². The number of nitrogens with zero attached hydrogens (tertiary/aromatic N) is 3. The first-order valence-corrected chi connectivity index (χ1v) is 16.9. The van der Waals surface area contributed by atoms with E-state index >= 15 is 0 Å². The summed E-state index contributed by atoms with van der Waals surface area (Å²) < 4.78 is 11.3. The topological polar surface area (TPSA) is 163 Å². The van der Waals surface area contributed by atoms with Crippen LogP contribution in [0, 0.1) is 0 Å². The maximum atomic E-state index is 13.9. The summed E-state index contributed by atoms with van der Waals surface area (Å²) in [4.78, 5) is 63.7. The molecule has 3 N–H and O–H groups in total. The number of ether oxygens (including phenoxy) is 2. The summed E-state index contributed by atoms with van der Waals surface area (Å²) in [6.07, 6.45) is 0.772. The third-order valence-electron chi connectivity index (χ3n) is 6.95. The standard InChI is InChI=1S/C33H32ClN5O7S2/c1-5-18-17-47-30-24(36-28(41)23(22-27(34)48-32(35)37-22)38-44-16-21(40)46-33(2,3)4)29(42)39(30)25(18)31(43)45-26(19-12-8-6-9-13-19)20-14-10-7-11-15-20/h5-15,24,26,30H,1,16-17H2,2-4H3,(H2,35,37)(H,36,41)/t24?,30-/m1/s1. The molecule has 0 radical (unpaired) electrons. The van der Waals surface area contributed by atoms with Crippen molar-refractivity contribution in [3.63, 3.8) is 0 Å². The molecule has 48 heavy (non-hydrogen) atoms. The van der Waals surface area contributed by atoms with Crippen molar-refractivity contribution in [3.8, 4) is 0 Å². The number of anilines is 1. The second-order valence-corrected chi connectivity index (χ2v) is 14.3. The Bertz CT molecular complexity index is 1750. The number of β-lactam (4-membered cyclic amide) rings is 1. The van der Waals surface area contributed by atoms with E-state index in [1.54, 1.807) is 20.8 Å². The first kappa shape index (κ1) is 34.7. The van der Waals surface area contributed by atoms with Gasteiger partial charge in [0.05, 0.1) is 0 Å². The molecule has 1 fully saturated rings. The van der Waals surface area contributed by atoms with Crippen LogP contribution in [0.3, 0.4) is 0 Å². The summed E-state index contributed by atoms with van der Waals surface area (Å²) in [5, 5.41) is 5.87. The van der Waals surface area contributed by atoms with Gasteiger partial charge in [0.25, 0.3) is 11.8 Å². The van der Waals surface area contributed by atoms with Gasteiger partial charge in [-0.1, -0.05) is 101 Å². The lowest BCUT2D eigenvalue weighted by molar-refractivity contribution is -0.160. The highest BCUT2D eigenvalue weighted by Crippen LogP contribution is 2.42. The number of thiazole rings is 1. The van der Waals surface area contributed by atoms with Gasteiger partial charge in [0.1, 0.15) is 32.7 Å². The minimum atomic E-state index is -1.05. The number of hydrogen-bond donors (Lipinski definition) is 2. The maximum absolute atomic E-state index is 13.9. The number of rotatable bonds is 11. The Hall–Kier alpha value is -4.66. The molecule has 2 aliphatic rings. The second-order valence-electron chi connectivity index (χ2n) is 11.5. The quantitative estimate of drug-likeness (QED) is 0.124. The van der Waals surface area contributed by atoms with E-state index in [9.17, 15) is 19.2 Å². The van der Waals surface area contributed by atoms with Crippen LogP contribution < -0.4 is 11.1 Å². The molecule has 2 amide bonds. The van der Waals surface area contributed by atoms with Gasteiger partial charge >= 0.3 is 11.9 Å². The van der Waals surface area contributed by atoms with Crippen molar-refractivity contribution in [2.45, 2.75) is 43.9 Å². The van der Waals surface area contributed by atoms with Crippen molar-refractivity contribution >= 4 is 69.3 Å². The van der Waals surface area contributed by atoms with Gasteiger partial charge < -0.3 is 25.4 Å². The normalized spacial score (nSPS) is 17.7. The number of esters is 2. The maximum Gasteiger partial charge on any atom is 0.356 e. The molecule has 0 aliphatic carbocycles. The summed E-state index contributed by atoms with van der Waals surface area (Å²) >= 11 is 8.52. The summed E-state index contributed by atoms with van der Waals surface area (Å²) in [5.41, 5.74) is 6.60. The summed E-state index contributed by atoms with van der Waals surface area (Å²) in [7, 11) is 0. The number of aromatic nitrogens is 1. The van der Waals surface area contributed by atoms with Crippen molar-refractivity contribution < 1.29 is 33.5 Å². The number of benzene rings is 2. The average Bonchev–Trinajstić information content (AvgIpc) is 3.40. The zero-order valence-electron chi connectivity index (χ0n) is 26.2. The molecule has 2 aliphatic heterocycles. The fourth-order valence-electron chi connectivity index (χ4n) is 4.92. The van der Waals surface area contributed by atoms with Crippen molar-refractivity contribution in [2.24, 2.45) is 5.16 Å². The van der Waals surface area contributed by atoms with Crippen LogP contribution in [-0.4, -0.2) is 68.7 Å². The third kappa shape index (κ3) is 7.72. The van der Waals surface area contributed by atoms with E-state index in [1.165, 1.54) is 22.7 Å². The molecular weight excluding hydrogens is 678 g/mol. The molecule has 2 atom stereocenters. The fourth-order valence-corrected chi connectivity index (χ4v) is 7.19. The smallest absolute Gasteiger partial charge is 0.356 e. The van der Waals surface area contributed by atoms with Crippen LogP contribution in [0.5, 0.6) is 0 Å². The Labute approximate surface area is 289 Å². The number of amides is 2. The molecule has 1 unspecified atom stereocenters. The summed E-state index contributed by atoms with van der Waals surface area (Å²) in [6.45, 7) is 8.31. The Morgan fingerprint density at radius 1 is 1.15 bits per heavy atom. The monoisotopic (exact) mass is 709 g/mol. The molecule has 5 rings (SSSR count). The van der Waals surface area contributed by atoms with Crippen LogP contribution >= 0.6 is 34.7 Å². The van der Waals surface area contributed by atoms with Gasteiger partial charge in [0.2, 0.25) is 6.61 Å². The van der Waals surface area contributed by atoms with E-state index in [-0.39, 0.29) is 20.9 Å². The molecule has 250 valence electrons. The molecule has 0 bridgehead atoms. The first-order valence-electron chi connectivity index (χ1n) is 14.6. The number of carbonyl (C=O) groups excluding carboxylic acids is 4. The lowest BCUT2D eigenvalue weighted by atomic mass is 10.0. The van der Waals surface area contributed by atoms with E-state index in [4.69, 9.17) is 31.6 Å². The minimum Gasteiger partial charge on any atom is -0.457 e. The zero-order valence-corrected chi connectivity index (χ0v) is 28.6. The Balaban J connectivity index is 1.35. The SMILES string of the molecule is C=CC1=C(C(=O)OC(c2ccccc2)c2ccccc2)N2C(=O)C(NC(=O)C(=NOCC(=O)OC(C)(C)C)c3nc(N)sc3Cl)[C@H]2SC1. The van der Waals surface area contributed by atoms with E-state index in [0.717, 1.165) is 22.5 Å². The largest absolute Gasteiger partial charge is 0.457 e. The number of oxime groups is 1. The van der Waals surface area contributed by atoms with Crippen molar-refractivity contribution in [2.75, 3.05) is 18.1 Å². The highest BCUT2D eigenvalue weighted by molar-refractivity contribution is 8.00. The number of hydrogen-bond acceptors (Lipinski definition) is 12. The van der Waals surface area contributed by atoms with Gasteiger partial charge in [0, 0.05) is 5.75 Å². The van der Waals surface area contributed by atoms with Crippen LogP contribution in [0.15, 0.2) is 89.7 Å². The minimum absolute atomic E-state index is 0.0471. The molecular formula is C33H32ClN5O7S2. The van der Waals surface area contributed by atoms with E-state index in [0.29, 0.717) is 11.3 Å². The van der Waals surface area contributed by atoms with E-state index in [1.807, 2.05) is 60.7 Å². The van der Waals surface area contributed by atoms with Gasteiger partial charge in [-0.2, -0.15) is 0 Å². The molecule has 1 saturated heterocycles. The Kier molecular flexibility index (Phi) is 10.6. The number of nitrogen functional groups attached to an aromatic ring is 1. The van der Waals surface area contributed by atoms with Gasteiger partial charge in [-0.3, -0.25) is 14.5 Å². The Morgan fingerprint density at radius 2 is 1.77 bits per heavy atom. The summed E-state index contributed by atoms with van der Waals surface area (Å²) in [5.74, 6) is -2.52. The van der Waals surface area contributed by atoms with Crippen molar-refractivity contribution in [1.29, 1.82) is 0 Å². The van der Waals surface area contributed by atoms with Crippen LogP contribution in [0.25, 0.3) is 0 Å². The highest BCUT2D eigenvalue weighted by Gasteiger charge is 2.54. The average molecular weight is 710 g/mol. The van der Waals surface area contributed by atoms with Crippen LogP contribution in [0.4, 0.5) is 5.13 Å². The molecule has 1 aromatic heterocycles. The molecule has 3 heterocycles. The van der Waals surface area contributed by atoms with Crippen molar-refractivity contribution in [1.82, 2.24) is 15.2 Å². The lowest BCUT2D eigenvalue weighted by Gasteiger charge is -2.49. The number of carbonyl (C=O) groups is 4. The number of nitrogens with two attached hydrogens (primary N) is 1. The van der Waals surface area contributed by atoms with Crippen LogP contribution in [0.1, 0.15) is 43.7 Å². The van der Waals surface area contributed by atoms with E-state index < -0.39 is 59.2 Å². The Morgan fingerprint density at radius 3 is 2.31 bits per heavy atom. The lowest BCUT2D eigenvalue weighted by Crippen LogP contribution is -2.71. The van der Waals surface area contributed by atoms with Gasteiger partial charge in [-0.15, -0.1) is 11.8 Å². The van der Waals surface area contributed by atoms with E-state index in [2.05, 4.69) is 22.0 Å². The second kappa shape index (κ2) is 14.6. The molecule has 12 nitrogen and oxygen atoms in total. The number of thioether (sulfide) groups is 1. The number of nitrogens with one attached hydrogen (secondary N) is 1. The number of fused-ring (bicyclic) bond motifs is 1. The highest BCUT2D eigenvalue weighted by atomic mass is 35.5. The predicted octanol–water partition coefficient (Wildman–Crippen LogP) is 4.61. The van der Waals surface area contributed by atoms with Gasteiger partial charge in [-0.25, -0.2) is 14.6 Å². The van der Waals surface area contributed by atoms with Crippen molar-refractivity contribution in [3.05, 3.63) is 106 Å². The van der Waals surface area contributed by atoms with Crippen LogP contribution in [0.2, 0.25) is 4.34 Å². The molecule has 15 heteroatoms. The first-order chi connectivity index (χ1) is 22.9. The number of halogens is 1. The third-order valence-corrected chi connectivity index (χ3v) is 9.34. The predicted molar refractivity (Wildman–Crippen MR) is 183 cm³/mol. The molecule has 2 aromatic carbocycles.